The fourth-order valence-corrected chi connectivity index (χ4v) is 4.00. The van der Waals surface area contributed by atoms with E-state index in [9.17, 15) is 4.79 Å². The van der Waals surface area contributed by atoms with E-state index >= 15 is 0 Å². The molecule has 4 heterocycles. The maximum absolute atomic E-state index is 12.7. The predicted octanol–water partition coefficient (Wildman–Crippen LogP) is 3.10. The number of carbonyl (C=O) groups is 1. The minimum Gasteiger partial charge on any atom is -0.353 e. The largest absolute Gasteiger partial charge is 0.353 e. The molecule has 1 amide bonds. The Labute approximate surface area is 184 Å². The maximum Gasteiger partial charge on any atom is 0.227 e. The van der Waals surface area contributed by atoms with Crippen LogP contribution >= 0.6 is 11.6 Å². The molecule has 0 bridgehead atoms. The van der Waals surface area contributed by atoms with Gasteiger partial charge in [-0.3, -0.25) is 9.48 Å². The number of aromatic nitrogens is 5. The molecule has 1 N–H and O–H groups in total. The molecule has 158 valence electrons. The van der Waals surface area contributed by atoms with Crippen molar-refractivity contribution in [1.29, 1.82) is 0 Å². The van der Waals surface area contributed by atoms with Gasteiger partial charge in [-0.15, -0.1) is 0 Å². The molecule has 4 aromatic rings. The first-order chi connectivity index (χ1) is 15.0. The van der Waals surface area contributed by atoms with Gasteiger partial charge in [0.15, 0.2) is 5.82 Å². The third-order valence-corrected chi connectivity index (χ3v) is 5.96. The molecular formula is C22H22ClN7O. The Hall–Kier alpha value is -3.39. The Balaban J connectivity index is 1.27. The van der Waals surface area contributed by atoms with Gasteiger partial charge in [-0.2, -0.15) is 10.2 Å². The van der Waals surface area contributed by atoms with Crippen molar-refractivity contribution in [3.8, 4) is 11.1 Å². The highest BCUT2D eigenvalue weighted by Gasteiger charge is 2.35. The quantitative estimate of drug-likeness (QED) is 0.521. The summed E-state index contributed by atoms with van der Waals surface area (Å²) in [4.78, 5) is 19.3. The van der Waals surface area contributed by atoms with E-state index < -0.39 is 0 Å². The molecule has 9 heteroatoms. The summed E-state index contributed by atoms with van der Waals surface area (Å²) in [6, 6.07) is 9.53. The number of amides is 1. The number of rotatable bonds is 5. The van der Waals surface area contributed by atoms with Gasteiger partial charge in [-0.1, -0.05) is 23.7 Å². The number of hydrogen-bond donors (Lipinski definition) is 1. The zero-order valence-corrected chi connectivity index (χ0v) is 18.0. The lowest BCUT2D eigenvalue weighted by Crippen LogP contribution is -2.54. The second kappa shape index (κ2) is 7.70. The van der Waals surface area contributed by atoms with Crippen LogP contribution in [0, 0.1) is 5.92 Å². The highest BCUT2D eigenvalue weighted by molar-refractivity contribution is 6.30. The number of nitrogens with one attached hydrogen (secondary N) is 1. The molecule has 8 nitrogen and oxygen atoms in total. The van der Waals surface area contributed by atoms with E-state index in [1.807, 2.05) is 61.3 Å². The lowest BCUT2D eigenvalue weighted by Gasteiger charge is -2.39. The van der Waals surface area contributed by atoms with Crippen molar-refractivity contribution in [2.24, 2.45) is 13.0 Å². The Kier molecular flexibility index (Phi) is 4.86. The van der Waals surface area contributed by atoms with Crippen LogP contribution in [-0.4, -0.2) is 43.4 Å². The molecule has 0 aliphatic carbocycles. The standard InChI is InChI=1S/C22H22ClN7O/c1-14(15-3-5-19(23)6-4-15)27-22(31)18-10-29(11-18)21-20-7-16(12-30(20)26-13-24-21)17-8-25-28(2)9-17/h3-9,12-14,18H,10-11H2,1-2H3,(H,27,31)/t14-/m0/s1. The van der Waals surface area contributed by atoms with Gasteiger partial charge in [-0.25, -0.2) is 9.50 Å². The van der Waals surface area contributed by atoms with Crippen LogP contribution in [0.5, 0.6) is 0 Å². The fourth-order valence-electron chi connectivity index (χ4n) is 3.87. The van der Waals surface area contributed by atoms with Crippen molar-refractivity contribution in [2.75, 3.05) is 18.0 Å². The summed E-state index contributed by atoms with van der Waals surface area (Å²) in [5.41, 5.74) is 4.00. The number of nitrogens with zero attached hydrogens (tertiary/aromatic N) is 6. The monoisotopic (exact) mass is 435 g/mol. The maximum atomic E-state index is 12.7. The van der Waals surface area contributed by atoms with Gasteiger partial charge < -0.3 is 10.2 Å². The normalized spacial score (nSPS) is 15.1. The number of anilines is 1. The minimum absolute atomic E-state index is 0.0511. The molecule has 1 fully saturated rings. The van der Waals surface area contributed by atoms with Crippen LogP contribution < -0.4 is 10.2 Å². The number of benzene rings is 1. The Morgan fingerprint density at radius 3 is 2.65 bits per heavy atom. The lowest BCUT2D eigenvalue weighted by molar-refractivity contribution is -0.126. The Morgan fingerprint density at radius 1 is 1.16 bits per heavy atom. The van der Waals surface area contributed by atoms with Gasteiger partial charge in [0, 0.05) is 48.7 Å². The SMILES string of the molecule is C[C@H](NC(=O)C1CN(c2ncnn3cc(-c4cnn(C)c4)cc23)C1)c1ccc(Cl)cc1. The van der Waals surface area contributed by atoms with Crippen LogP contribution in [0.3, 0.4) is 0 Å². The first kappa shape index (κ1) is 19.6. The molecular weight excluding hydrogens is 414 g/mol. The average molecular weight is 436 g/mol. The molecule has 0 unspecified atom stereocenters. The average Bonchev–Trinajstić information content (AvgIpc) is 3.33. The number of aryl methyl sites for hydroxylation is 1. The molecule has 1 atom stereocenters. The molecule has 0 spiro atoms. The summed E-state index contributed by atoms with van der Waals surface area (Å²) in [5, 5.41) is 12.4. The molecule has 1 saturated heterocycles. The smallest absolute Gasteiger partial charge is 0.227 e. The molecule has 0 radical (unpaired) electrons. The molecule has 3 aromatic heterocycles. The van der Waals surface area contributed by atoms with Crippen molar-refractivity contribution >= 4 is 28.8 Å². The third-order valence-electron chi connectivity index (χ3n) is 5.70. The number of halogens is 1. The summed E-state index contributed by atoms with van der Waals surface area (Å²) in [5.74, 6) is 0.813. The summed E-state index contributed by atoms with van der Waals surface area (Å²) in [6.07, 6.45) is 7.31. The van der Waals surface area contributed by atoms with Gasteiger partial charge in [0.05, 0.1) is 18.2 Å². The van der Waals surface area contributed by atoms with E-state index in [1.54, 1.807) is 11.0 Å². The van der Waals surface area contributed by atoms with Crippen molar-refractivity contribution in [3.05, 3.63) is 65.8 Å². The van der Waals surface area contributed by atoms with Crippen molar-refractivity contribution in [2.45, 2.75) is 13.0 Å². The molecule has 1 aliphatic heterocycles. The summed E-state index contributed by atoms with van der Waals surface area (Å²) >= 11 is 5.95. The van der Waals surface area contributed by atoms with E-state index in [4.69, 9.17) is 11.6 Å². The van der Waals surface area contributed by atoms with Crippen molar-refractivity contribution < 1.29 is 4.79 Å². The third kappa shape index (κ3) is 3.74. The van der Waals surface area contributed by atoms with E-state index in [0.717, 1.165) is 28.0 Å². The number of carbonyl (C=O) groups excluding carboxylic acids is 1. The van der Waals surface area contributed by atoms with E-state index in [2.05, 4.69) is 31.5 Å². The van der Waals surface area contributed by atoms with Crippen LogP contribution in [-0.2, 0) is 11.8 Å². The van der Waals surface area contributed by atoms with Gasteiger partial charge in [-0.05, 0) is 30.7 Å². The van der Waals surface area contributed by atoms with Crippen LogP contribution in [0.4, 0.5) is 5.82 Å². The lowest BCUT2D eigenvalue weighted by atomic mass is 9.98. The first-order valence-corrected chi connectivity index (χ1v) is 10.5. The molecule has 31 heavy (non-hydrogen) atoms. The van der Waals surface area contributed by atoms with Crippen LogP contribution in [0.15, 0.2) is 55.2 Å². The van der Waals surface area contributed by atoms with Crippen molar-refractivity contribution in [1.82, 2.24) is 29.7 Å². The molecule has 1 aromatic carbocycles. The zero-order chi connectivity index (χ0) is 21.5. The summed E-state index contributed by atoms with van der Waals surface area (Å²) < 4.78 is 3.59. The van der Waals surface area contributed by atoms with E-state index in [1.165, 1.54) is 0 Å². The zero-order valence-electron chi connectivity index (χ0n) is 17.2. The van der Waals surface area contributed by atoms with Gasteiger partial charge in [0.1, 0.15) is 11.8 Å². The fraction of sp³-hybridized carbons (Fsp3) is 0.273. The second-order valence-electron chi connectivity index (χ2n) is 7.93. The topological polar surface area (TPSA) is 80.3 Å². The molecule has 5 rings (SSSR count). The van der Waals surface area contributed by atoms with Crippen LogP contribution in [0.2, 0.25) is 5.02 Å². The number of hydrogen-bond acceptors (Lipinski definition) is 5. The Bertz CT molecular complexity index is 1240. The van der Waals surface area contributed by atoms with E-state index in [0.29, 0.717) is 18.1 Å². The highest BCUT2D eigenvalue weighted by Crippen LogP contribution is 2.30. The Morgan fingerprint density at radius 2 is 1.94 bits per heavy atom. The number of fused-ring (bicyclic) bond motifs is 1. The predicted molar refractivity (Wildman–Crippen MR) is 119 cm³/mol. The van der Waals surface area contributed by atoms with E-state index in [-0.39, 0.29) is 17.9 Å². The van der Waals surface area contributed by atoms with Crippen molar-refractivity contribution in [3.63, 3.8) is 0 Å². The molecule has 1 aliphatic rings. The summed E-state index contributed by atoms with van der Waals surface area (Å²) in [6.45, 7) is 3.23. The van der Waals surface area contributed by atoms with Crippen LogP contribution in [0.25, 0.3) is 16.6 Å². The van der Waals surface area contributed by atoms with Gasteiger partial charge in [0.25, 0.3) is 0 Å². The summed E-state index contributed by atoms with van der Waals surface area (Å²) in [7, 11) is 1.89. The minimum atomic E-state index is -0.0720. The molecule has 0 saturated carbocycles. The first-order valence-electron chi connectivity index (χ1n) is 10.1. The van der Waals surface area contributed by atoms with Crippen LogP contribution in [0.1, 0.15) is 18.5 Å². The van der Waals surface area contributed by atoms with Gasteiger partial charge in [0.2, 0.25) is 5.91 Å². The van der Waals surface area contributed by atoms with Gasteiger partial charge >= 0.3 is 0 Å². The second-order valence-corrected chi connectivity index (χ2v) is 8.37. The highest BCUT2D eigenvalue weighted by atomic mass is 35.5.